The van der Waals surface area contributed by atoms with Crippen molar-refractivity contribution in [1.29, 1.82) is 0 Å². The Hall–Kier alpha value is -1.71. The summed E-state index contributed by atoms with van der Waals surface area (Å²) in [5.41, 5.74) is 2.81. The molecule has 0 saturated carbocycles. The number of aryl methyl sites for hydroxylation is 1. The molecular weight excluding hydrogens is 331 g/mol. The first kappa shape index (κ1) is 17.6. The van der Waals surface area contributed by atoms with Crippen LogP contribution in [0.25, 0.3) is 0 Å². The molecule has 122 valence electrons. The summed E-state index contributed by atoms with van der Waals surface area (Å²) in [6, 6.07) is 13.4. The Labute approximate surface area is 147 Å². The monoisotopic (exact) mass is 350 g/mol. The fraction of sp³-hybridized carbons (Fsp3) is 0.278. The number of hydrogen-bond donors (Lipinski definition) is 1. The van der Waals surface area contributed by atoms with Gasteiger partial charge in [0.2, 0.25) is 5.91 Å². The molecular formula is C18H20Cl2N2O. The number of nitrogens with zero attached hydrogens (tertiary/aromatic N) is 1. The lowest BCUT2D eigenvalue weighted by Crippen LogP contribution is -2.31. The Morgan fingerprint density at radius 1 is 1.17 bits per heavy atom. The Morgan fingerprint density at radius 3 is 2.61 bits per heavy atom. The standard InChI is InChI=1S/C18H20Cl2N2O/c1-3-22(14-7-4-6-13(2)12-14)17(23)10-11-21-16-9-5-8-15(19)18(16)20/h4-9,12,21H,3,10-11H2,1-2H3. The second-order valence-corrected chi connectivity index (χ2v) is 6.04. The summed E-state index contributed by atoms with van der Waals surface area (Å²) in [6.07, 6.45) is 0.380. The number of hydrogen-bond acceptors (Lipinski definition) is 2. The van der Waals surface area contributed by atoms with Gasteiger partial charge >= 0.3 is 0 Å². The number of benzene rings is 2. The molecule has 1 N–H and O–H groups in total. The van der Waals surface area contributed by atoms with Crippen molar-refractivity contribution < 1.29 is 4.79 Å². The van der Waals surface area contributed by atoms with Gasteiger partial charge in [0.1, 0.15) is 0 Å². The summed E-state index contributed by atoms with van der Waals surface area (Å²) in [4.78, 5) is 14.2. The zero-order chi connectivity index (χ0) is 16.8. The van der Waals surface area contributed by atoms with E-state index in [4.69, 9.17) is 23.2 Å². The SMILES string of the molecule is CCN(C(=O)CCNc1cccc(Cl)c1Cl)c1cccc(C)c1. The summed E-state index contributed by atoms with van der Waals surface area (Å²) in [6.45, 7) is 5.13. The molecule has 0 radical (unpaired) electrons. The first-order valence-corrected chi connectivity index (χ1v) is 8.33. The minimum atomic E-state index is 0.0729. The van der Waals surface area contributed by atoms with E-state index in [9.17, 15) is 4.79 Å². The molecule has 1 amide bonds. The normalized spacial score (nSPS) is 10.4. The van der Waals surface area contributed by atoms with Crippen molar-refractivity contribution in [2.24, 2.45) is 0 Å². The first-order chi connectivity index (χ1) is 11.0. The van der Waals surface area contributed by atoms with Crippen LogP contribution in [0, 0.1) is 6.92 Å². The molecule has 0 heterocycles. The van der Waals surface area contributed by atoms with Gasteiger partial charge in [0.15, 0.2) is 0 Å². The summed E-state index contributed by atoms with van der Waals surface area (Å²) < 4.78 is 0. The highest BCUT2D eigenvalue weighted by atomic mass is 35.5. The molecule has 3 nitrogen and oxygen atoms in total. The van der Waals surface area contributed by atoms with Crippen LogP contribution in [0.5, 0.6) is 0 Å². The minimum absolute atomic E-state index is 0.0729. The zero-order valence-corrected chi connectivity index (χ0v) is 14.8. The summed E-state index contributed by atoms with van der Waals surface area (Å²) in [5.74, 6) is 0.0729. The van der Waals surface area contributed by atoms with E-state index < -0.39 is 0 Å². The fourth-order valence-corrected chi connectivity index (χ4v) is 2.75. The molecule has 2 rings (SSSR count). The van der Waals surface area contributed by atoms with Crippen LogP contribution in [0.3, 0.4) is 0 Å². The number of nitrogens with one attached hydrogen (secondary N) is 1. The van der Waals surface area contributed by atoms with Gasteiger partial charge in [-0.2, -0.15) is 0 Å². The van der Waals surface area contributed by atoms with Crippen molar-refractivity contribution in [2.75, 3.05) is 23.3 Å². The second kappa shape index (κ2) is 8.23. The highest BCUT2D eigenvalue weighted by molar-refractivity contribution is 6.43. The number of amides is 1. The lowest BCUT2D eigenvalue weighted by atomic mass is 10.2. The van der Waals surface area contributed by atoms with Gasteiger partial charge in [-0.25, -0.2) is 0 Å². The largest absolute Gasteiger partial charge is 0.383 e. The van der Waals surface area contributed by atoms with Crippen LogP contribution in [-0.4, -0.2) is 19.0 Å². The highest BCUT2D eigenvalue weighted by Gasteiger charge is 2.14. The molecule has 0 atom stereocenters. The van der Waals surface area contributed by atoms with Crippen LogP contribution in [0.1, 0.15) is 18.9 Å². The number of carbonyl (C=O) groups excluding carboxylic acids is 1. The van der Waals surface area contributed by atoms with E-state index in [2.05, 4.69) is 5.32 Å². The molecule has 2 aromatic carbocycles. The Kier molecular flexibility index (Phi) is 6.31. The Balaban J connectivity index is 1.96. The van der Waals surface area contributed by atoms with Crippen LogP contribution in [0.15, 0.2) is 42.5 Å². The van der Waals surface area contributed by atoms with Gasteiger partial charge in [0, 0.05) is 25.2 Å². The van der Waals surface area contributed by atoms with Crippen LogP contribution in [-0.2, 0) is 4.79 Å². The second-order valence-electron chi connectivity index (χ2n) is 5.26. The third-order valence-corrected chi connectivity index (χ3v) is 4.36. The average molecular weight is 351 g/mol. The lowest BCUT2D eigenvalue weighted by Gasteiger charge is -2.22. The summed E-state index contributed by atoms with van der Waals surface area (Å²) in [7, 11) is 0. The molecule has 0 aliphatic carbocycles. The maximum absolute atomic E-state index is 12.5. The van der Waals surface area contributed by atoms with Crippen molar-refractivity contribution >= 4 is 40.5 Å². The molecule has 0 spiro atoms. The number of anilines is 2. The van der Waals surface area contributed by atoms with E-state index in [0.29, 0.717) is 29.6 Å². The van der Waals surface area contributed by atoms with Gasteiger partial charge in [-0.1, -0.05) is 41.4 Å². The van der Waals surface area contributed by atoms with Gasteiger partial charge in [0.25, 0.3) is 0 Å². The predicted octanol–water partition coefficient (Wildman–Crippen LogP) is 5.16. The van der Waals surface area contributed by atoms with Crippen molar-refractivity contribution in [3.8, 4) is 0 Å². The summed E-state index contributed by atoms with van der Waals surface area (Å²) in [5, 5.41) is 4.14. The van der Waals surface area contributed by atoms with Crippen LogP contribution in [0.2, 0.25) is 10.0 Å². The van der Waals surface area contributed by atoms with E-state index in [1.165, 1.54) is 0 Å². The molecule has 0 aliphatic rings. The molecule has 0 bridgehead atoms. The smallest absolute Gasteiger partial charge is 0.228 e. The number of halogens is 2. The number of carbonyl (C=O) groups is 1. The molecule has 0 aliphatic heterocycles. The highest BCUT2D eigenvalue weighted by Crippen LogP contribution is 2.29. The van der Waals surface area contributed by atoms with Crippen LogP contribution >= 0.6 is 23.2 Å². The van der Waals surface area contributed by atoms with Crippen molar-refractivity contribution in [3.63, 3.8) is 0 Å². The van der Waals surface area contributed by atoms with E-state index in [1.54, 1.807) is 11.0 Å². The molecule has 5 heteroatoms. The lowest BCUT2D eigenvalue weighted by molar-refractivity contribution is -0.118. The average Bonchev–Trinajstić information content (AvgIpc) is 2.52. The van der Waals surface area contributed by atoms with Gasteiger partial charge in [0.05, 0.1) is 15.7 Å². The van der Waals surface area contributed by atoms with E-state index in [-0.39, 0.29) is 5.91 Å². The molecule has 2 aromatic rings. The molecule has 0 fully saturated rings. The molecule has 0 aromatic heterocycles. The quantitative estimate of drug-likeness (QED) is 0.780. The topological polar surface area (TPSA) is 32.3 Å². The van der Waals surface area contributed by atoms with Gasteiger partial charge in [-0.3, -0.25) is 4.79 Å². The van der Waals surface area contributed by atoms with E-state index in [0.717, 1.165) is 16.9 Å². The van der Waals surface area contributed by atoms with E-state index in [1.807, 2.05) is 50.2 Å². The molecule has 0 unspecified atom stereocenters. The molecule has 23 heavy (non-hydrogen) atoms. The van der Waals surface area contributed by atoms with Crippen LogP contribution < -0.4 is 10.2 Å². The van der Waals surface area contributed by atoms with Gasteiger partial charge in [-0.15, -0.1) is 0 Å². The van der Waals surface area contributed by atoms with Crippen molar-refractivity contribution in [1.82, 2.24) is 0 Å². The van der Waals surface area contributed by atoms with Gasteiger partial charge in [-0.05, 0) is 43.7 Å². The van der Waals surface area contributed by atoms with Crippen molar-refractivity contribution in [3.05, 3.63) is 58.1 Å². The maximum Gasteiger partial charge on any atom is 0.228 e. The third kappa shape index (κ3) is 4.63. The van der Waals surface area contributed by atoms with Crippen molar-refractivity contribution in [2.45, 2.75) is 20.3 Å². The van der Waals surface area contributed by atoms with Crippen LogP contribution in [0.4, 0.5) is 11.4 Å². The minimum Gasteiger partial charge on any atom is -0.383 e. The fourth-order valence-electron chi connectivity index (χ4n) is 2.38. The maximum atomic E-state index is 12.5. The molecule has 0 saturated heterocycles. The third-order valence-electron chi connectivity index (χ3n) is 3.54. The Bertz CT molecular complexity index is 688. The Morgan fingerprint density at radius 2 is 1.91 bits per heavy atom. The summed E-state index contributed by atoms with van der Waals surface area (Å²) >= 11 is 12.1. The van der Waals surface area contributed by atoms with Gasteiger partial charge < -0.3 is 10.2 Å². The zero-order valence-electron chi connectivity index (χ0n) is 13.3. The predicted molar refractivity (Wildman–Crippen MR) is 98.8 cm³/mol. The van der Waals surface area contributed by atoms with E-state index >= 15 is 0 Å². The number of rotatable bonds is 6. The first-order valence-electron chi connectivity index (χ1n) is 7.58.